The van der Waals surface area contributed by atoms with Crippen LogP contribution in [0.5, 0.6) is 0 Å². The van der Waals surface area contributed by atoms with Crippen LogP contribution in [0.15, 0.2) is 401 Å². The summed E-state index contributed by atoms with van der Waals surface area (Å²) in [6.45, 7) is 8.39. The van der Waals surface area contributed by atoms with E-state index < -0.39 is 7.12 Å². The maximum absolute atomic E-state index is 6.39. The van der Waals surface area contributed by atoms with Gasteiger partial charge in [-0.1, -0.05) is 224 Å². The SMILES string of the molecule is CC1(C)OB(c2ccc3c(c2)c2ccc4c(ccn4-c4ccccc4)c2n3-c2ccccc2)OC1(C)C.Clc1nc(-c2ccc3c(c2)c2ccccc2n3-c2ccccc2)c2ccccc2n1.c1ccc(-n2ccc3c2ccc2c4cc(-c5nc(-c6ccc7c8ccccc8n(-c8ccccc8)c7c6)c6ccccc6n5)ccc4n(-c4ccccc4)c23)cc1. The van der Waals surface area contributed by atoms with Crippen LogP contribution in [0.1, 0.15) is 27.7 Å². The normalized spacial score (nSPS) is 13.2. The number of fused-ring (bicyclic) bond motifs is 18. The fraction of sp³-hybridized carbons (Fsp3) is 0.0545. The van der Waals surface area contributed by atoms with Gasteiger partial charge in [0.15, 0.2) is 5.82 Å². The molecule has 14 heteroatoms. The minimum atomic E-state index is -0.396. The van der Waals surface area contributed by atoms with E-state index in [0.717, 1.165) is 111 Å². The average Bonchev–Trinajstić information content (AvgIpc) is 1.56. The molecule has 1 aliphatic rings. The van der Waals surface area contributed by atoms with Gasteiger partial charge >= 0.3 is 7.12 Å². The van der Waals surface area contributed by atoms with Gasteiger partial charge in [0.05, 0.1) is 88.8 Å². The van der Waals surface area contributed by atoms with Gasteiger partial charge in [-0.25, -0.2) is 19.9 Å². The second-order valence-electron chi connectivity index (χ2n) is 32.9. The first-order valence-corrected chi connectivity index (χ1v) is 42.4. The van der Waals surface area contributed by atoms with Crippen LogP contribution >= 0.6 is 11.6 Å². The van der Waals surface area contributed by atoms with E-state index in [1.165, 1.54) is 87.1 Å². The number of hydrogen-bond donors (Lipinski definition) is 0. The zero-order valence-electron chi connectivity index (χ0n) is 68.3. The fourth-order valence-electron chi connectivity index (χ4n) is 18.7. The van der Waals surface area contributed by atoms with Crippen molar-refractivity contribution >= 4 is 155 Å². The van der Waals surface area contributed by atoms with Crippen LogP contribution in [0.25, 0.3) is 199 Å². The van der Waals surface area contributed by atoms with Gasteiger partial charge in [0.2, 0.25) is 5.28 Å². The summed E-state index contributed by atoms with van der Waals surface area (Å²) >= 11 is 6.24. The van der Waals surface area contributed by atoms with Gasteiger partial charge < -0.3 is 36.7 Å². The lowest BCUT2D eigenvalue weighted by molar-refractivity contribution is 0.00578. The fourth-order valence-corrected chi connectivity index (χ4v) is 18.9. The van der Waals surface area contributed by atoms with E-state index in [1.54, 1.807) is 0 Å². The highest BCUT2D eigenvalue weighted by Crippen LogP contribution is 2.45. The summed E-state index contributed by atoms with van der Waals surface area (Å²) in [6, 6.07) is 137. The Morgan fingerprint density at radius 3 is 1.12 bits per heavy atom. The third kappa shape index (κ3) is 12.3. The van der Waals surface area contributed by atoms with Crippen molar-refractivity contribution in [1.29, 1.82) is 0 Å². The van der Waals surface area contributed by atoms with Crippen molar-refractivity contribution < 1.29 is 9.31 Å². The van der Waals surface area contributed by atoms with Crippen molar-refractivity contribution in [3.8, 4) is 68.0 Å². The lowest BCUT2D eigenvalue weighted by Gasteiger charge is -2.32. The molecule has 1 aliphatic heterocycles. The molecule has 0 bridgehead atoms. The molecule has 1 saturated heterocycles. The predicted molar refractivity (Wildman–Crippen MR) is 514 cm³/mol. The lowest BCUT2D eigenvalue weighted by atomic mass is 9.78. The summed E-state index contributed by atoms with van der Waals surface area (Å²) in [7, 11) is -0.396. The molecule has 124 heavy (non-hydrogen) atoms. The second kappa shape index (κ2) is 29.6. The molecule has 0 N–H and O–H groups in total. The van der Waals surface area contributed by atoms with E-state index >= 15 is 0 Å². The predicted octanol–water partition coefficient (Wildman–Crippen LogP) is 27.2. The van der Waals surface area contributed by atoms with Crippen molar-refractivity contribution in [3.05, 3.63) is 406 Å². The van der Waals surface area contributed by atoms with Gasteiger partial charge in [-0.2, -0.15) is 0 Å². The minimum absolute atomic E-state index is 0.260. The summed E-state index contributed by atoms with van der Waals surface area (Å²) in [5.74, 6) is 0.700. The second-order valence-corrected chi connectivity index (χ2v) is 33.2. The first-order valence-electron chi connectivity index (χ1n) is 42.0. The van der Waals surface area contributed by atoms with Crippen LogP contribution in [0, 0.1) is 0 Å². The monoisotopic (exact) mass is 1620 g/mol. The van der Waals surface area contributed by atoms with Gasteiger partial charge in [0.1, 0.15) is 0 Å². The smallest absolute Gasteiger partial charge is 0.399 e. The summed E-state index contributed by atoms with van der Waals surface area (Å²) in [5.41, 5.74) is 25.4. The molecule has 0 radical (unpaired) electrons. The molecule has 0 spiro atoms. The Hall–Kier alpha value is -15.2. The molecule has 16 aromatic carbocycles. The molecule has 0 unspecified atom stereocenters. The van der Waals surface area contributed by atoms with E-state index in [9.17, 15) is 0 Å². The van der Waals surface area contributed by atoms with Gasteiger partial charge in [-0.15, -0.1) is 0 Å². The Morgan fingerprint density at radius 1 is 0.250 bits per heavy atom. The number of para-hydroxylation sites is 10. The molecule has 0 atom stereocenters. The van der Waals surface area contributed by atoms with E-state index in [4.69, 9.17) is 30.9 Å². The summed E-state index contributed by atoms with van der Waals surface area (Å²) in [5, 5.41) is 14.3. The number of aromatic nitrogens is 10. The van der Waals surface area contributed by atoms with Gasteiger partial charge in [-0.05, 0) is 209 Å². The highest BCUT2D eigenvalue weighted by molar-refractivity contribution is 6.62. The van der Waals surface area contributed by atoms with Crippen molar-refractivity contribution in [1.82, 2.24) is 47.3 Å². The summed E-state index contributed by atoms with van der Waals surface area (Å²) in [4.78, 5) is 19.6. The van der Waals surface area contributed by atoms with Crippen molar-refractivity contribution in [2.24, 2.45) is 0 Å². The Kier molecular flexibility index (Phi) is 17.6. The standard InChI is InChI=1S/C52H33N5.C32H29BN2O2.C26H16ClN3/c1-4-14-36(15-5-1)55-31-30-43-46(55)29-27-41-44-32-35(25-28-48(44)57(51(41)43)38-18-8-3-9-19-38)52-53-45-22-12-10-21-42(45)50(54-52)34-24-26-40-39-20-11-13-23-47(39)56(49(40)33-34)37-16-6-2-7-17-37;1-31(2)32(3,4)37-33(36-31)22-15-17-29-27(21-22)25-16-18-28-26(19-20-34(28)23-11-7-5-8-12-23)30(25)35(29)24-13-9-6-10-14-24;27-26-28-22-12-6-4-11-20(22)25(29-26)17-14-15-24-21(16-17)19-10-5-7-13-23(19)30(24)18-8-2-1-3-9-18/h1-33H;5-21H,1-4H3;1-16H. The van der Waals surface area contributed by atoms with E-state index in [0.29, 0.717) is 5.82 Å². The first kappa shape index (κ1) is 73.9. The third-order valence-corrected chi connectivity index (χ3v) is 25.4. The lowest BCUT2D eigenvalue weighted by Crippen LogP contribution is -2.41. The summed E-state index contributed by atoms with van der Waals surface area (Å²) < 4.78 is 26.8. The molecule has 0 amide bonds. The number of benzene rings is 16. The number of halogens is 1. The van der Waals surface area contributed by atoms with Crippen molar-refractivity contribution in [3.63, 3.8) is 0 Å². The quantitative estimate of drug-likeness (QED) is 0.0999. The number of rotatable bonds is 10. The molecule has 24 aromatic rings. The Bertz CT molecular complexity index is 8310. The first-order chi connectivity index (χ1) is 60.9. The molecular weight excluding hydrogens is 1540 g/mol. The van der Waals surface area contributed by atoms with Crippen molar-refractivity contribution in [2.45, 2.75) is 38.9 Å². The topological polar surface area (TPSA) is 99.6 Å². The van der Waals surface area contributed by atoms with E-state index in [-0.39, 0.29) is 16.5 Å². The molecule has 12 nitrogen and oxygen atoms in total. The molecular formula is C110H78BClN10O2. The highest BCUT2D eigenvalue weighted by atomic mass is 35.5. The maximum Gasteiger partial charge on any atom is 0.494 e. The minimum Gasteiger partial charge on any atom is -0.399 e. The van der Waals surface area contributed by atoms with Gasteiger partial charge in [-0.3, -0.25) is 0 Å². The van der Waals surface area contributed by atoms with E-state index in [1.807, 2.05) is 30.3 Å². The van der Waals surface area contributed by atoms with Crippen LogP contribution in [-0.2, 0) is 9.31 Å². The molecule has 25 rings (SSSR count). The van der Waals surface area contributed by atoms with Crippen molar-refractivity contribution in [2.75, 3.05) is 0 Å². The Morgan fingerprint density at radius 2 is 0.597 bits per heavy atom. The molecule has 1 fully saturated rings. The van der Waals surface area contributed by atoms with Crippen LogP contribution in [-0.4, -0.2) is 65.7 Å². The van der Waals surface area contributed by atoms with Crippen LogP contribution < -0.4 is 5.46 Å². The zero-order chi connectivity index (χ0) is 82.9. The maximum atomic E-state index is 6.39. The van der Waals surface area contributed by atoms with Crippen LogP contribution in [0.2, 0.25) is 5.28 Å². The molecule has 0 saturated carbocycles. The molecule has 9 heterocycles. The van der Waals surface area contributed by atoms with Crippen LogP contribution in [0.3, 0.4) is 0 Å². The molecule has 0 aliphatic carbocycles. The van der Waals surface area contributed by atoms with E-state index in [2.05, 4.69) is 435 Å². The van der Waals surface area contributed by atoms with Gasteiger partial charge in [0, 0.05) is 128 Å². The Labute approximate surface area is 719 Å². The largest absolute Gasteiger partial charge is 0.494 e. The number of hydrogen-bond acceptors (Lipinski definition) is 6. The Balaban J connectivity index is 0.000000114. The summed E-state index contributed by atoms with van der Waals surface area (Å²) in [6.07, 6.45) is 4.35. The molecule has 590 valence electrons. The molecule has 8 aromatic heterocycles. The third-order valence-electron chi connectivity index (χ3n) is 25.2. The average molecular weight is 1620 g/mol. The zero-order valence-corrected chi connectivity index (χ0v) is 69.1. The number of nitrogens with zero attached hydrogens (tertiary/aromatic N) is 10. The highest BCUT2D eigenvalue weighted by Gasteiger charge is 2.52. The van der Waals surface area contributed by atoms with Crippen LogP contribution in [0.4, 0.5) is 0 Å². The van der Waals surface area contributed by atoms with Gasteiger partial charge in [0.25, 0.3) is 0 Å².